The average molecular weight is 388 g/mol. The summed E-state index contributed by atoms with van der Waals surface area (Å²) in [5.74, 6) is -0.670. The molecule has 2 aromatic carbocycles. The van der Waals surface area contributed by atoms with Gasteiger partial charge in [0.1, 0.15) is 6.61 Å². The third-order valence-electron chi connectivity index (χ3n) is 5.03. The lowest BCUT2D eigenvalue weighted by Gasteiger charge is -2.18. The highest BCUT2D eigenvalue weighted by atomic mass is 16.6. The van der Waals surface area contributed by atoms with Gasteiger partial charge in [0.2, 0.25) is 0 Å². The maximum absolute atomic E-state index is 12.5. The number of ether oxygens (including phenoxy) is 2. The number of hydrogen-bond acceptors (Lipinski definition) is 5. The molecule has 146 valence electrons. The standard InChI is InChI=1S/C23H20N2O4/c1-28-22(26)21(20-12-6-7-13-24-20)25-23(27)29-14-19-17-10-4-2-8-15(17)16-9-3-5-11-18(16)19/h2-13,19,21H,14H2,1H3,(H,25,27). The molecule has 6 nitrogen and oxygen atoms in total. The molecule has 0 aliphatic heterocycles. The number of nitrogens with one attached hydrogen (secondary N) is 1. The number of methoxy groups -OCH3 is 1. The van der Waals surface area contributed by atoms with E-state index in [9.17, 15) is 9.59 Å². The first-order valence-electron chi connectivity index (χ1n) is 9.29. The van der Waals surface area contributed by atoms with Crippen LogP contribution in [0.4, 0.5) is 4.79 Å². The van der Waals surface area contributed by atoms with E-state index in [1.165, 1.54) is 7.11 Å². The van der Waals surface area contributed by atoms with Crippen LogP contribution in [0.1, 0.15) is 28.8 Å². The van der Waals surface area contributed by atoms with Gasteiger partial charge in [-0.3, -0.25) is 4.98 Å². The van der Waals surface area contributed by atoms with Crippen molar-refractivity contribution in [1.29, 1.82) is 0 Å². The minimum Gasteiger partial charge on any atom is -0.467 e. The Morgan fingerprint density at radius 3 is 2.17 bits per heavy atom. The Bertz CT molecular complexity index is 990. The first kappa shape index (κ1) is 18.7. The van der Waals surface area contributed by atoms with Gasteiger partial charge >= 0.3 is 12.1 Å². The summed E-state index contributed by atoms with van der Waals surface area (Å²) in [4.78, 5) is 28.7. The highest BCUT2D eigenvalue weighted by Crippen LogP contribution is 2.44. The molecule has 1 unspecified atom stereocenters. The largest absolute Gasteiger partial charge is 0.467 e. The number of esters is 1. The Labute approximate surface area is 168 Å². The van der Waals surface area contributed by atoms with E-state index in [2.05, 4.69) is 22.4 Å². The molecule has 0 bridgehead atoms. The molecule has 0 saturated heterocycles. The summed E-state index contributed by atoms with van der Waals surface area (Å²) in [5, 5.41) is 2.56. The van der Waals surface area contributed by atoms with Crippen LogP contribution in [0.5, 0.6) is 0 Å². The van der Waals surface area contributed by atoms with Crippen molar-refractivity contribution in [2.45, 2.75) is 12.0 Å². The van der Waals surface area contributed by atoms with Gasteiger partial charge in [0.05, 0.1) is 12.8 Å². The topological polar surface area (TPSA) is 77.5 Å². The first-order valence-corrected chi connectivity index (χ1v) is 9.29. The van der Waals surface area contributed by atoms with Crippen molar-refractivity contribution in [3.63, 3.8) is 0 Å². The Hall–Kier alpha value is -3.67. The summed E-state index contributed by atoms with van der Waals surface area (Å²) in [6, 6.07) is 20.3. The molecule has 1 aromatic heterocycles. The monoisotopic (exact) mass is 388 g/mol. The molecular weight excluding hydrogens is 368 g/mol. The Balaban J connectivity index is 1.49. The Morgan fingerprint density at radius 1 is 0.966 bits per heavy atom. The summed E-state index contributed by atoms with van der Waals surface area (Å²) in [7, 11) is 1.26. The Morgan fingerprint density at radius 2 is 1.59 bits per heavy atom. The van der Waals surface area contributed by atoms with Crippen molar-refractivity contribution < 1.29 is 19.1 Å². The molecule has 1 heterocycles. The molecule has 6 heteroatoms. The highest BCUT2D eigenvalue weighted by molar-refractivity contribution is 5.82. The molecule has 0 radical (unpaired) electrons. The van der Waals surface area contributed by atoms with Crippen LogP contribution in [0.15, 0.2) is 72.9 Å². The van der Waals surface area contributed by atoms with Crippen molar-refractivity contribution in [3.05, 3.63) is 89.7 Å². The first-order chi connectivity index (χ1) is 14.2. The predicted molar refractivity (Wildman–Crippen MR) is 107 cm³/mol. The van der Waals surface area contributed by atoms with Crippen LogP contribution in [0.25, 0.3) is 11.1 Å². The number of hydrogen-bond donors (Lipinski definition) is 1. The van der Waals surface area contributed by atoms with Gasteiger partial charge in [-0.15, -0.1) is 0 Å². The van der Waals surface area contributed by atoms with E-state index in [1.807, 2.05) is 36.4 Å². The van der Waals surface area contributed by atoms with Crippen LogP contribution in [0.2, 0.25) is 0 Å². The fourth-order valence-electron chi connectivity index (χ4n) is 3.68. The number of rotatable bonds is 5. The lowest BCUT2D eigenvalue weighted by atomic mass is 9.98. The van der Waals surface area contributed by atoms with E-state index in [0.29, 0.717) is 5.69 Å². The zero-order valence-corrected chi connectivity index (χ0v) is 15.9. The van der Waals surface area contributed by atoms with Gasteiger partial charge in [0, 0.05) is 12.1 Å². The van der Waals surface area contributed by atoms with Gasteiger partial charge < -0.3 is 14.8 Å². The number of carbonyl (C=O) groups is 2. The van der Waals surface area contributed by atoms with E-state index in [4.69, 9.17) is 9.47 Å². The number of aromatic nitrogens is 1. The SMILES string of the molecule is COC(=O)C(NC(=O)OCC1c2ccccc2-c2ccccc21)c1ccccn1. The third kappa shape index (κ3) is 3.69. The van der Waals surface area contributed by atoms with E-state index >= 15 is 0 Å². The van der Waals surface area contributed by atoms with E-state index in [-0.39, 0.29) is 12.5 Å². The van der Waals surface area contributed by atoms with Gasteiger partial charge in [0.15, 0.2) is 6.04 Å². The van der Waals surface area contributed by atoms with Crippen molar-refractivity contribution >= 4 is 12.1 Å². The number of benzene rings is 2. The molecule has 1 amide bonds. The maximum atomic E-state index is 12.5. The van der Waals surface area contributed by atoms with Gasteiger partial charge in [-0.25, -0.2) is 9.59 Å². The molecule has 0 saturated carbocycles. The number of pyridine rings is 1. The van der Waals surface area contributed by atoms with Crippen molar-refractivity contribution in [1.82, 2.24) is 10.3 Å². The van der Waals surface area contributed by atoms with Crippen molar-refractivity contribution in [2.75, 3.05) is 13.7 Å². The lowest BCUT2D eigenvalue weighted by Crippen LogP contribution is -2.36. The number of alkyl carbamates (subject to hydrolysis) is 1. The van der Waals surface area contributed by atoms with Crippen molar-refractivity contribution in [3.8, 4) is 11.1 Å². The van der Waals surface area contributed by atoms with E-state index < -0.39 is 18.1 Å². The number of carbonyl (C=O) groups excluding carboxylic acids is 2. The fraction of sp³-hybridized carbons (Fsp3) is 0.174. The summed E-state index contributed by atoms with van der Waals surface area (Å²) in [6.07, 6.45) is 0.845. The van der Waals surface area contributed by atoms with E-state index in [1.54, 1.807) is 24.4 Å². The van der Waals surface area contributed by atoms with Crippen LogP contribution in [-0.4, -0.2) is 30.8 Å². The van der Waals surface area contributed by atoms with Crippen LogP contribution in [0.3, 0.4) is 0 Å². The summed E-state index contributed by atoms with van der Waals surface area (Å²) in [6.45, 7) is 0.163. The third-order valence-corrected chi connectivity index (χ3v) is 5.03. The maximum Gasteiger partial charge on any atom is 0.408 e. The second kappa shape index (κ2) is 8.14. The fourth-order valence-corrected chi connectivity index (χ4v) is 3.68. The Kier molecular flexibility index (Phi) is 5.24. The van der Waals surface area contributed by atoms with E-state index in [0.717, 1.165) is 22.3 Å². The molecule has 0 fully saturated rings. The molecule has 1 atom stereocenters. The van der Waals surface area contributed by atoms with Gasteiger partial charge in [-0.1, -0.05) is 54.6 Å². The summed E-state index contributed by atoms with van der Waals surface area (Å²) >= 11 is 0. The second-order valence-electron chi connectivity index (χ2n) is 6.68. The molecule has 0 spiro atoms. The summed E-state index contributed by atoms with van der Waals surface area (Å²) < 4.78 is 10.3. The summed E-state index contributed by atoms with van der Waals surface area (Å²) in [5.41, 5.74) is 4.93. The van der Waals surface area contributed by atoms with Crippen LogP contribution < -0.4 is 5.32 Å². The predicted octanol–water partition coefficient (Wildman–Crippen LogP) is 3.83. The molecule has 1 aliphatic carbocycles. The molecule has 29 heavy (non-hydrogen) atoms. The van der Waals surface area contributed by atoms with Crippen LogP contribution in [0, 0.1) is 0 Å². The molecule has 3 aromatic rings. The van der Waals surface area contributed by atoms with Crippen LogP contribution >= 0.6 is 0 Å². The smallest absolute Gasteiger partial charge is 0.408 e. The molecular formula is C23H20N2O4. The number of fused-ring (bicyclic) bond motifs is 3. The molecule has 1 N–H and O–H groups in total. The minimum absolute atomic E-state index is 0.0559. The zero-order valence-electron chi connectivity index (χ0n) is 15.9. The van der Waals surface area contributed by atoms with Crippen molar-refractivity contribution in [2.24, 2.45) is 0 Å². The highest BCUT2D eigenvalue weighted by Gasteiger charge is 2.30. The zero-order chi connectivity index (χ0) is 20.2. The lowest BCUT2D eigenvalue weighted by molar-refractivity contribution is -0.143. The quantitative estimate of drug-likeness (QED) is 0.672. The van der Waals surface area contributed by atoms with Gasteiger partial charge in [-0.05, 0) is 34.4 Å². The number of nitrogens with zero attached hydrogens (tertiary/aromatic N) is 1. The van der Waals surface area contributed by atoms with Crippen LogP contribution in [-0.2, 0) is 14.3 Å². The molecule has 4 rings (SSSR count). The normalized spacial score (nSPS) is 13.1. The second-order valence-corrected chi connectivity index (χ2v) is 6.68. The average Bonchev–Trinajstić information content (AvgIpc) is 3.10. The molecule has 1 aliphatic rings. The van der Waals surface area contributed by atoms with Gasteiger partial charge in [-0.2, -0.15) is 0 Å². The minimum atomic E-state index is -1.03. The van der Waals surface area contributed by atoms with Gasteiger partial charge in [0.25, 0.3) is 0 Å². The number of amides is 1.